The number of anilines is 6. The van der Waals surface area contributed by atoms with Gasteiger partial charge < -0.3 is 9.80 Å². The summed E-state index contributed by atoms with van der Waals surface area (Å²) in [7, 11) is 0. The number of hydrogen-bond acceptors (Lipinski definition) is 2. The first-order chi connectivity index (χ1) is 42.6. The number of benzene rings is 12. The minimum atomic E-state index is -0.211. The summed E-state index contributed by atoms with van der Waals surface area (Å²) in [6.45, 7) is 19.0. The molecule has 0 atom stereocenters. The van der Waals surface area contributed by atoms with E-state index in [4.69, 9.17) is 0 Å². The second-order valence-corrected chi connectivity index (χ2v) is 26.9. The lowest BCUT2D eigenvalue weighted by atomic mass is 9.81. The normalized spacial score (nSPS) is 15.3. The molecule has 0 saturated heterocycles. The van der Waals surface area contributed by atoms with E-state index in [1.165, 1.54) is 133 Å². The molecule has 0 N–H and O–H groups in total. The van der Waals surface area contributed by atoms with Crippen molar-refractivity contribution >= 4 is 69.2 Å². The average molecular weight is 1130 g/mol. The van der Waals surface area contributed by atoms with Crippen molar-refractivity contribution in [1.82, 2.24) is 0 Å². The number of para-hydroxylation sites is 2. The molecule has 0 bridgehead atoms. The fourth-order valence-corrected chi connectivity index (χ4v) is 15.7. The Morgan fingerprint density at radius 1 is 0.216 bits per heavy atom. The van der Waals surface area contributed by atoms with Crippen LogP contribution in [0.5, 0.6) is 0 Å². The van der Waals surface area contributed by atoms with E-state index >= 15 is 0 Å². The molecule has 0 unspecified atom stereocenters. The Labute approximate surface area is 519 Å². The lowest BCUT2D eigenvalue weighted by molar-refractivity contribution is 0.659. The van der Waals surface area contributed by atoms with Crippen molar-refractivity contribution in [3.63, 3.8) is 0 Å². The van der Waals surface area contributed by atoms with Crippen LogP contribution in [0.15, 0.2) is 255 Å². The van der Waals surface area contributed by atoms with Crippen LogP contribution < -0.4 is 9.80 Å². The third-order valence-corrected chi connectivity index (χ3v) is 20.5. The quantitative estimate of drug-likeness (QED) is 0.126. The smallest absolute Gasteiger partial charge is 0.0465 e. The van der Waals surface area contributed by atoms with Gasteiger partial charge in [0.1, 0.15) is 0 Å². The maximum atomic E-state index is 2.45. The standard InChI is InChI=1S/C86H70N2/c1-83(2)75-31-17-15-27-67(75)71-45-39-61(51-79(71)83)87(59-23-11-9-12-24-59)63-41-47-73-69-43-35-55(49-77(69)85(5,6)81(73)53-63)33-37-57-21-19-30-66-58(22-20-29-65(57)66)38-34-56-36-44-70-74-48-42-64(54-82(74)86(7,8)78(70)50-56)88(60-25-13-10-14-26-60)62-40-46-72-68-28-16-18-32-76(68)84(3,4)80(72)52-62/h9-54H,1-8H3. The van der Waals surface area contributed by atoms with Crippen LogP contribution in [0.25, 0.3) is 79.6 Å². The van der Waals surface area contributed by atoms with Gasteiger partial charge in [0.15, 0.2) is 0 Å². The molecule has 424 valence electrons. The van der Waals surface area contributed by atoms with E-state index in [0.717, 1.165) is 22.7 Å². The fourth-order valence-electron chi connectivity index (χ4n) is 15.7. The van der Waals surface area contributed by atoms with Gasteiger partial charge in [-0.3, -0.25) is 0 Å². The van der Waals surface area contributed by atoms with Crippen LogP contribution in [-0.2, 0) is 21.7 Å². The van der Waals surface area contributed by atoms with Gasteiger partial charge in [0.2, 0.25) is 0 Å². The van der Waals surface area contributed by atoms with Crippen molar-refractivity contribution < 1.29 is 0 Å². The van der Waals surface area contributed by atoms with Gasteiger partial charge in [0.05, 0.1) is 0 Å². The van der Waals surface area contributed by atoms with Gasteiger partial charge in [0, 0.05) is 55.8 Å². The van der Waals surface area contributed by atoms with Crippen LogP contribution in [0.1, 0.15) is 122 Å². The highest BCUT2D eigenvalue weighted by Gasteiger charge is 2.40. The second kappa shape index (κ2) is 19.8. The molecule has 2 nitrogen and oxygen atoms in total. The summed E-state index contributed by atoms with van der Waals surface area (Å²) < 4.78 is 0. The molecule has 0 spiro atoms. The largest absolute Gasteiger partial charge is 0.310 e. The minimum Gasteiger partial charge on any atom is -0.310 e. The average Bonchev–Trinajstić information content (AvgIpc) is 1.66. The van der Waals surface area contributed by atoms with Gasteiger partial charge in [-0.05, 0) is 195 Å². The van der Waals surface area contributed by atoms with Gasteiger partial charge in [-0.15, -0.1) is 0 Å². The molecule has 12 aromatic carbocycles. The first-order valence-corrected chi connectivity index (χ1v) is 31.3. The van der Waals surface area contributed by atoms with E-state index in [9.17, 15) is 0 Å². The van der Waals surface area contributed by atoms with Crippen molar-refractivity contribution in [3.8, 4) is 44.5 Å². The van der Waals surface area contributed by atoms with E-state index in [1.807, 2.05) is 0 Å². The highest BCUT2D eigenvalue weighted by Crippen LogP contribution is 2.56. The molecule has 88 heavy (non-hydrogen) atoms. The zero-order valence-corrected chi connectivity index (χ0v) is 51.5. The van der Waals surface area contributed by atoms with Gasteiger partial charge in [0.25, 0.3) is 0 Å². The Hall–Kier alpha value is -10.0. The number of rotatable bonds is 10. The summed E-state index contributed by atoms with van der Waals surface area (Å²) in [6, 6.07) is 95.4. The predicted molar refractivity (Wildman–Crippen MR) is 374 cm³/mol. The van der Waals surface area contributed by atoms with Crippen molar-refractivity contribution in [2.75, 3.05) is 9.80 Å². The van der Waals surface area contributed by atoms with Crippen LogP contribution in [0.3, 0.4) is 0 Å². The molecular weight excluding hydrogens is 1060 g/mol. The third-order valence-electron chi connectivity index (χ3n) is 20.5. The van der Waals surface area contributed by atoms with Crippen LogP contribution in [0.2, 0.25) is 0 Å². The molecule has 0 radical (unpaired) electrons. The number of hydrogen-bond donors (Lipinski definition) is 0. The van der Waals surface area contributed by atoms with E-state index in [0.29, 0.717) is 0 Å². The summed E-state index contributed by atoms with van der Waals surface area (Å²) in [6.07, 6.45) is 9.20. The van der Waals surface area contributed by atoms with Gasteiger partial charge in [-0.2, -0.15) is 0 Å². The summed E-state index contributed by atoms with van der Waals surface area (Å²) >= 11 is 0. The molecule has 0 heterocycles. The first-order valence-electron chi connectivity index (χ1n) is 31.3. The molecule has 0 aliphatic heterocycles. The van der Waals surface area contributed by atoms with Gasteiger partial charge in [-0.1, -0.05) is 262 Å². The summed E-state index contributed by atoms with van der Waals surface area (Å²) in [5.41, 5.74) is 32.7. The highest BCUT2D eigenvalue weighted by atomic mass is 15.1. The molecule has 16 rings (SSSR count). The molecule has 0 fully saturated rings. The maximum Gasteiger partial charge on any atom is 0.0465 e. The zero-order chi connectivity index (χ0) is 59.8. The van der Waals surface area contributed by atoms with Crippen LogP contribution in [-0.4, -0.2) is 0 Å². The Bertz CT molecular complexity index is 4600. The minimum absolute atomic E-state index is 0.0952. The Balaban J connectivity index is 0.662. The van der Waals surface area contributed by atoms with Crippen LogP contribution in [0.4, 0.5) is 34.1 Å². The van der Waals surface area contributed by atoms with Crippen LogP contribution in [0, 0.1) is 0 Å². The highest BCUT2D eigenvalue weighted by molar-refractivity contribution is 6.00. The second-order valence-electron chi connectivity index (χ2n) is 26.9. The first kappa shape index (κ1) is 53.5. The van der Waals surface area contributed by atoms with Crippen molar-refractivity contribution in [2.24, 2.45) is 0 Å². The summed E-state index contributed by atoms with van der Waals surface area (Å²) in [4.78, 5) is 4.88. The number of nitrogens with zero attached hydrogens (tertiary/aromatic N) is 2. The van der Waals surface area contributed by atoms with Crippen molar-refractivity contribution in [1.29, 1.82) is 0 Å². The molecule has 4 aliphatic carbocycles. The summed E-state index contributed by atoms with van der Waals surface area (Å²) in [5, 5.41) is 2.47. The molecule has 0 saturated carbocycles. The molecule has 0 amide bonds. The fraction of sp³-hybridized carbons (Fsp3) is 0.140. The topological polar surface area (TPSA) is 6.48 Å². The SMILES string of the molecule is CC1(C)c2ccccc2-c2ccc(N(c3ccccc3)c3ccc4c(c3)C(C)(C)c3cc(C=Cc5cccc6c(C=Cc7ccc8c(c7)C(C)(C)c7cc(N(c9ccccc9)c9ccc%10c(c9)C(C)(C)c9ccccc9-%10)ccc7-8)cccc56)ccc3-4)cc21. The number of fused-ring (bicyclic) bond motifs is 13. The molecular formula is C86H70N2. The Morgan fingerprint density at radius 2 is 0.500 bits per heavy atom. The van der Waals surface area contributed by atoms with Crippen LogP contribution >= 0.6 is 0 Å². The maximum absolute atomic E-state index is 2.45. The molecule has 0 aromatic heterocycles. The Kier molecular flexibility index (Phi) is 12.0. The van der Waals surface area contributed by atoms with E-state index in [-0.39, 0.29) is 21.7 Å². The van der Waals surface area contributed by atoms with Gasteiger partial charge >= 0.3 is 0 Å². The molecule has 2 heteroatoms. The zero-order valence-electron chi connectivity index (χ0n) is 51.5. The summed E-state index contributed by atoms with van der Waals surface area (Å²) in [5.74, 6) is 0. The monoisotopic (exact) mass is 1130 g/mol. The van der Waals surface area contributed by atoms with Crippen molar-refractivity contribution in [2.45, 2.75) is 77.0 Å². The molecule has 12 aromatic rings. The Morgan fingerprint density at radius 3 is 0.852 bits per heavy atom. The van der Waals surface area contributed by atoms with E-state index in [2.05, 4.69) is 344 Å². The third kappa shape index (κ3) is 8.22. The molecule has 4 aliphatic rings. The lowest BCUT2D eigenvalue weighted by Gasteiger charge is -2.29. The van der Waals surface area contributed by atoms with E-state index < -0.39 is 0 Å². The van der Waals surface area contributed by atoms with Crippen molar-refractivity contribution in [3.05, 3.63) is 322 Å². The van der Waals surface area contributed by atoms with Gasteiger partial charge in [-0.25, -0.2) is 0 Å². The van der Waals surface area contributed by atoms with E-state index in [1.54, 1.807) is 0 Å². The predicted octanol–water partition coefficient (Wildman–Crippen LogP) is 23.3. The lowest BCUT2D eigenvalue weighted by Crippen LogP contribution is -2.18.